The van der Waals surface area contributed by atoms with Crippen LogP contribution >= 0.6 is 0 Å². The maximum Gasteiger partial charge on any atom is 0.319 e. The van der Waals surface area contributed by atoms with Gasteiger partial charge in [-0.15, -0.1) is 0 Å². The van der Waals surface area contributed by atoms with E-state index in [4.69, 9.17) is 4.74 Å². The molecular formula is C21H28N4O3. The zero-order chi connectivity index (χ0) is 20.7. The maximum absolute atomic E-state index is 12.4. The van der Waals surface area contributed by atoms with Crippen molar-refractivity contribution in [3.63, 3.8) is 0 Å². The second kappa shape index (κ2) is 9.75. The molecule has 7 nitrogen and oxygen atoms in total. The number of nitrogens with zero attached hydrogens (tertiary/aromatic N) is 1. The topological polar surface area (TPSA) is 82.7 Å². The van der Waals surface area contributed by atoms with Gasteiger partial charge < -0.3 is 25.6 Å². The van der Waals surface area contributed by atoms with E-state index in [1.54, 1.807) is 25.2 Å². The Morgan fingerprint density at radius 3 is 2.36 bits per heavy atom. The maximum atomic E-state index is 12.4. The third kappa shape index (κ3) is 5.47. The number of nitrogens with one attached hydrogen (secondary N) is 3. The van der Waals surface area contributed by atoms with Gasteiger partial charge in [0.15, 0.2) is 0 Å². The highest BCUT2D eigenvalue weighted by Crippen LogP contribution is 2.25. The minimum absolute atomic E-state index is 0.0328. The Kier molecular flexibility index (Phi) is 7.40. The van der Waals surface area contributed by atoms with E-state index in [-0.39, 0.29) is 18.0 Å². The number of anilines is 1. The number of hydrogen-bond acceptors (Lipinski definition) is 4. The van der Waals surface area contributed by atoms with Gasteiger partial charge in [-0.25, -0.2) is 4.79 Å². The zero-order valence-electron chi connectivity index (χ0n) is 17.0. The lowest BCUT2D eigenvalue weighted by Gasteiger charge is -2.25. The molecule has 2 aromatic rings. The van der Waals surface area contributed by atoms with Gasteiger partial charge in [0.05, 0.1) is 18.8 Å². The third-order valence-electron chi connectivity index (χ3n) is 4.48. The summed E-state index contributed by atoms with van der Waals surface area (Å²) < 4.78 is 5.28. The predicted molar refractivity (Wildman–Crippen MR) is 111 cm³/mol. The molecule has 0 saturated heterocycles. The van der Waals surface area contributed by atoms with Crippen LogP contribution in [-0.4, -0.2) is 51.6 Å². The molecule has 28 heavy (non-hydrogen) atoms. The van der Waals surface area contributed by atoms with Crippen molar-refractivity contribution in [2.45, 2.75) is 13.0 Å². The van der Waals surface area contributed by atoms with E-state index < -0.39 is 0 Å². The summed E-state index contributed by atoms with van der Waals surface area (Å²) in [5.74, 6) is 0.239. The quantitative estimate of drug-likeness (QED) is 0.686. The monoisotopic (exact) mass is 384 g/mol. The molecule has 3 N–H and O–H groups in total. The molecule has 1 atom stereocenters. The van der Waals surface area contributed by atoms with Crippen LogP contribution in [0.2, 0.25) is 0 Å². The molecule has 0 saturated carbocycles. The SMILES string of the molecule is CNC(=O)c1ccc(OC)c(NC(=O)NC[C@@H](c2ccc(C)cc2)N(C)C)c1. The van der Waals surface area contributed by atoms with Crippen LogP contribution in [0.15, 0.2) is 42.5 Å². The number of likely N-dealkylation sites (N-methyl/N-ethyl adjacent to an activating group) is 1. The second-order valence-electron chi connectivity index (χ2n) is 6.72. The molecule has 0 aliphatic heterocycles. The Morgan fingerprint density at radius 1 is 1.11 bits per heavy atom. The molecule has 0 spiro atoms. The number of benzene rings is 2. The molecular weight excluding hydrogens is 356 g/mol. The van der Waals surface area contributed by atoms with E-state index in [9.17, 15) is 9.59 Å². The summed E-state index contributed by atoms with van der Waals surface area (Å²) in [6.07, 6.45) is 0. The van der Waals surface area contributed by atoms with Crippen molar-refractivity contribution >= 4 is 17.6 Å². The summed E-state index contributed by atoms with van der Waals surface area (Å²) in [6, 6.07) is 12.8. The van der Waals surface area contributed by atoms with Gasteiger partial charge in [0, 0.05) is 19.2 Å². The minimum Gasteiger partial charge on any atom is -0.495 e. The number of urea groups is 1. The summed E-state index contributed by atoms with van der Waals surface area (Å²) in [7, 11) is 7.01. The van der Waals surface area contributed by atoms with Gasteiger partial charge in [0.1, 0.15) is 5.75 Å². The third-order valence-corrected chi connectivity index (χ3v) is 4.48. The molecule has 0 aliphatic rings. The fourth-order valence-corrected chi connectivity index (χ4v) is 2.83. The van der Waals surface area contributed by atoms with Crippen LogP contribution in [0.3, 0.4) is 0 Å². The lowest BCUT2D eigenvalue weighted by atomic mass is 10.0. The molecule has 150 valence electrons. The number of amides is 3. The van der Waals surface area contributed by atoms with Crippen LogP contribution in [0.4, 0.5) is 10.5 Å². The van der Waals surface area contributed by atoms with Gasteiger partial charge in [-0.3, -0.25) is 4.79 Å². The Bertz CT molecular complexity index is 819. The summed E-state index contributed by atoms with van der Waals surface area (Å²) in [5.41, 5.74) is 3.17. The molecule has 0 heterocycles. The molecule has 0 aromatic heterocycles. The van der Waals surface area contributed by atoms with Crippen LogP contribution in [0.25, 0.3) is 0 Å². The molecule has 0 fully saturated rings. The van der Waals surface area contributed by atoms with Crippen molar-refractivity contribution in [1.29, 1.82) is 0 Å². The number of hydrogen-bond donors (Lipinski definition) is 3. The first kappa shape index (κ1) is 21.2. The highest BCUT2D eigenvalue weighted by Gasteiger charge is 2.16. The lowest BCUT2D eigenvalue weighted by Crippen LogP contribution is -2.37. The van der Waals surface area contributed by atoms with Crippen molar-refractivity contribution in [1.82, 2.24) is 15.5 Å². The number of carbonyl (C=O) groups excluding carboxylic acids is 2. The number of rotatable bonds is 7. The summed E-state index contributed by atoms with van der Waals surface area (Å²) in [4.78, 5) is 26.3. The van der Waals surface area contributed by atoms with E-state index >= 15 is 0 Å². The Labute approximate surface area is 166 Å². The minimum atomic E-state index is -0.369. The fraction of sp³-hybridized carbons (Fsp3) is 0.333. The van der Waals surface area contributed by atoms with E-state index in [0.717, 1.165) is 5.56 Å². The van der Waals surface area contributed by atoms with E-state index in [1.165, 1.54) is 12.7 Å². The number of aryl methyl sites for hydroxylation is 1. The number of carbonyl (C=O) groups is 2. The highest BCUT2D eigenvalue weighted by atomic mass is 16.5. The van der Waals surface area contributed by atoms with E-state index in [0.29, 0.717) is 23.5 Å². The van der Waals surface area contributed by atoms with Crippen molar-refractivity contribution in [2.24, 2.45) is 0 Å². The second-order valence-corrected chi connectivity index (χ2v) is 6.72. The summed E-state index contributed by atoms with van der Waals surface area (Å²) in [6.45, 7) is 2.47. The molecule has 0 radical (unpaired) electrons. The van der Waals surface area contributed by atoms with Gasteiger partial charge >= 0.3 is 6.03 Å². The van der Waals surface area contributed by atoms with Crippen molar-refractivity contribution in [2.75, 3.05) is 40.1 Å². The molecule has 0 aliphatic carbocycles. The standard InChI is InChI=1S/C21H28N4O3/c1-14-6-8-15(9-7-14)18(25(3)4)13-23-21(27)24-17-12-16(20(26)22-2)10-11-19(17)28-5/h6-12,18H,13H2,1-5H3,(H,22,26)(H2,23,24,27)/t18-/m0/s1. The van der Waals surface area contributed by atoms with Crippen LogP contribution in [0.1, 0.15) is 27.5 Å². The summed E-state index contributed by atoms with van der Waals surface area (Å²) in [5, 5.41) is 8.21. The first-order chi connectivity index (χ1) is 13.3. The molecule has 0 unspecified atom stereocenters. The van der Waals surface area contributed by atoms with Gasteiger partial charge in [-0.05, 0) is 44.8 Å². The molecule has 2 rings (SSSR count). The van der Waals surface area contributed by atoms with Crippen molar-refractivity contribution < 1.29 is 14.3 Å². The molecule has 2 aromatic carbocycles. The largest absolute Gasteiger partial charge is 0.495 e. The van der Waals surface area contributed by atoms with E-state index in [2.05, 4.69) is 45.1 Å². The molecule has 0 bridgehead atoms. The number of ether oxygens (including phenoxy) is 1. The van der Waals surface area contributed by atoms with Crippen molar-refractivity contribution in [3.05, 3.63) is 59.2 Å². The van der Waals surface area contributed by atoms with Gasteiger partial charge in [0.2, 0.25) is 0 Å². The Morgan fingerprint density at radius 2 is 1.79 bits per heavy atom. The first-order valence-electron chi connectivity index (χ1n) is 9.03. The van der Waals surface area contributed by atoms with Gasteiger partial charge in [-0.2, -0.15) is 0 Å². The van der Waals surface area contributed by atoms with Crippen molar-refractivity contribution in [3.8, 4) is 5.75 Å². The first-order valence-corrected chi connectivity index (χ1v) is 9.03. The Hall–Kier alpha value is -3.06. The average molecular weight is 384 g/mol. The molecule has 3 amide bonds. The average Bonchev–Trinajstić information content (AvgIpc) is 2.68. The Balaban J connectivity index is 2.08. The predicted octanol–water partition coefficient (Wildman–Crippen LogP) is 2.79. The highest BCUT2D eigenvalue weighted by molar-refractivity contribution is 5.97. The molecule has 7 heteroatoms. The zero-order valence-corrected chi connectivity index (χ0v) is 17.0. The number of methoxy groups -OCH3 is 1. The van der Waals surface area contributed by atoms with Crippen LogP contribution in [-0.2, 0) is 0 Å². The van der Waals surface area contributed by atoms with Crippen LogP contribution in [0.5, 0.6) is 5.75 Å². The van der Waals surface area contributed by atoms with Crippen LogP contribution in [0, 0.1) is 6.92 Å². The van der Waals surface area contributed by atoms with Gasteiger partial charge in [0.25, 0.3) is 5.91 Å². The smallest absolute Gasteiger partial charge is 0.319 e. The van der Waals surface area contributed by atoms with E-state index in [1.807, 2.05) is 21.0 Å². The van der Waals surface area contributed by atoms with Gasteiger partial charge in [-0.1, -0.05) is 29.8 Å². The summed E-state index contributed by atoms with van der Waals surface area (Å²) >= 11 is 0. The lowest BCUT2D eigenvalue weighted by molar-refractivity contribution is 0.0963. The fourth-order valence-electron chi connectivity index (χ4n) is 2.83. The van der Waals surface area contributed by atoms with Crippen LogP contribution < -0.4 is 20.7 Å². The normalized spacial score (nSPS) is 11.6.